The van der Waals surface area contributed by atoms with Crippen LogP contribution in [-0.2, 0) is 54.1 Å². The molecule has 84 heavy (non-hydrogen) atoms. The highest BCUT2D eigenvalue weighted by Crippen LogP contribution is 2.53. The maximum atomic E-state index is 14.2. The van der Waals surface area contributed by atoms with Gasteiger partial charge in [0.2, 0.25) is 23.3 Å². The SMILES string of the molecule is COc1cccc2c1C(=O)c1c(O)c3c(c(O)c1C2=O)C[C@](O)(C(=O)CO)C[C@H]3O[C@@H]1C[C@@H](NC(=O)CCCCCNC2=C3C[C@@H](C)C[C@H](OC)C[C@@H](C)/C=C(\C)[C@H](OC(N)=O)[C@@H](OC)/C=C\C=C(/C)C(=O)NC(=CC2=O)C3=O)[C@@H](O)[C@@H](C)O1. The summed E-state index contributed by atoms with van der Waals surface area (Å²) in [6.45, 7) is 7.91. The van der Waals surface area contributed by atoms with E-state index in [1.807, 2.05) is 19.9 Å². The summed E-state index contributed by atoms with van der Waals surface area (Å²) in [5, 5.41) is 65.1. The molecule has 3 amide bonds. The van der Waals surface area contributed by atoms with Crippen LogP contribution in [0.5, 0.6) is 17.2 Å². The Hall–Kier alpha value is -7.38. The molecule has 2 bridgehead atoms. The number of fused-ring (bicyclic) bond motifs is 5. The summed E-state index contributed by atoms with van der Waals surface area (Å²) in [6.07, 6.45) is 0.798. The lowest BCUT2D eigenvalue weighted by Gasteiger charge is -2.43. The molecule has 3 aliphatic carbocycles. The second-order valence-electron chi connectivity index (χ2n) is 22.3. The van der Waals surface area contributed by atoms with Crippen LogP contribution in [0.1, 0.15) is 141 Å². The van der Waals surface area contributed by atoms with E-state index >= 15 is 0 Å². The molecule has 0 spiro atoms. The number of aromatic hydroxyl groups is 2. The van der Waals surface area contributed by atoms with Crippen molar-refractivity contribution in [3.05, 3.63) is 110 Å². The Kier molecular flexibility index (Phi) is 21.1. The first-order valence-corrected chi connectivity index (χ1v) is 28.0. The molecule has 2 aromatic carbocycles. The maximum absolute atomic E-state index is 14.2. The third kappa shape index (κ3) is 14.1. The third-order valence-electron chi connectivity index (χ3n) is 16.1. The third-order valence-corrected chi connectivity index (χ3v) is 16.1. The lowest BCUT2D eigenvalue weighted by molar-refractivity contribution is -0.249. The Balaban J connectivity index is 1.01. The van der Waals surface area contributed by atoms with Gasteiger partial charge in [0, 0.05) is 80.4 Å². The average molecular weight is 1170 g/mol. The van der Waals surface area contributed by atoms with Crippen molar-refractivity contribution in [1.82, 2.24) is 16.0 Å². The number of methoxy groups -OCH3 is 3. The first-order chi connectivity index (χ1) is 39.9. The number of primary amides is 1. The van der Waals surface area contributed by atoms with Crippen LogP contribution in [0, 0.1) is 11.8 Å². The molecule has 2 aromatic rings. The fourth-order valence-corrected chi connectivity index (χ4v) is 11.8. The molecule has 23 nitrogen and oxygen atoms in total. The van der Waals surface area contributed by atoms with Crippen molar-refractivity contribution in [2.24, 2.45) is 17.6 Å². The number of unbranched alkanes of at least 4 members (excludes halogenated alkanes) is 2. The molecule has 454 valence electrons. The van der Waals surface area contributed by atoms with E-state index in [1.54, 1.807) is 26.2 Å². The summed E-state index contributed by atoms with van der Waals surface area (Å²) in [4.78, 5) is 108. The fourth-order valence-electron chi connectivity index (χ4n) is 11.8. The van der Waals surface area contributed by atoms with Gasteiger partial charge in [0.1, 0.15) is 41.7 Å². The Bertz CT molecular complexity index is 3100. The summed E-state index contributed by atoms with van der Waals surface area (Å²) in [7, 11) is 4.33. The number of hydrogen-bond acceptors (Lipinski definition) is 20. The van der Waals surface area contributed by atoms with Crippen LogP contribution in [0.2, 0.25) is 0 Å². The van der Waals surface area contributed by atoms with Crippen LogP contribution in [0.25, 0.3) is 0 Å². The summed E-state index contributed by atoms with van der Waals surface area (Å²) >= 11 is 0. The number of phenolic OH excluding ortho intramolecular Hbond substituents is 2. The second kappa shape index (κ2) is 27.6. The molecule has 23 heteroatoms. The Morgan fingerprint density at radius 1 is 0.905 bits per heavy atom. The number of carbonyl (C=O) groups is 8. The molecule has 0 unspecified atom stereocenters. The highest BCUT2D eigenvalue weighted by molar-refractivity contribution is 6.31. The molecule has 2 heterocycles. The van der Waals surface area contributed by atoms with Gasteiger partial charge < -0.3 is 75.6 Å². The van der Waals surface area contributed by atoms with Gasteiger partial charge in [-0.3, -0.25) is 33.6 Å². The minimum atomic E-state index is -2.39. The highest BCUT2D eigenvalue weighted by atomic mass is 16.7. The number of Topliss-reactive ketones (excluding diaryl/α,β-unsaturated/α-hetero) is 2. The van der Waals surface area contributed by atoms with E-state index in [0.717, 1.165) is 6.08 Å². The number of hydrogen-bond donors (Lipinski definition) is 9. The molecular formula is C61H76N4O19. The van der Waals surface area contributed by atoms with Crippen molar-refractivity contribution < 1.29 is 92.3 Å². The standard InChI is InChI=1S/C61H76N4O19/c1-29-20-32(4)58(84-60(62)77)42(81-8)17-12-14-31(3)59(76)65-38-24-40(67)51(36(53(38)71)23-30(2)22-34(21-29)79-6)63-19-11-9-10-18-45(69)64-39-25-46(82-33(5)52(39)70)83-43-27-61(78,44(68)28-66)26-37-48(43)57(75)50-49(55(37)73)54(72)35-15-13-16-41(80-7)47(35)56(50)74/h12-17,20,24,29-30,33-34,39,42-43,46,52,58,63,66,70,73,75,78H,9-11,18-19,21-23,25-28H2,1-8H3,(H2,62,77)(H,64,69)(H,65,76)/b17-12-,31-14+,32-20+/t29-,30-,33+,34+,39+,42-,43+,46+,52-,58-,61+/m0/s1. The highest BCUT2D eigenvalue weighted by Gasteiger charge is 2.50. The van der Waals surface area contributed by atoms with Crippen LogP contribution in [0.3, 0.4) is 0 Å². The largest absolute Gasteiger partial charge is 0.507 e. The topological polar surface area (TPSA) is 355 Å². The molecule has 10 N–H and O–H groups in total. The quantitative estimate of drug-likeness (QED) is 0.0421. The van der Waals surface area contributed by atoms with Crippen LogP contribution >= 0.6 is 0 Å². The average Bonchev–Trinajstić information content (AvgIpc) is 1.55. The smallest absolute Gasteiger partial charge is 0.405 e. The van der Waals surface area contributed by atoms with E-state index in [1.165, 1.54) is 52.3 Å². The number of aliphatic hydroxyl groups is 3. The van der Waals surface area contributed by atoms with Crippen LogP contribution in [0.4, 0.5) is 4.79 Å². The van der Waals surface area contributed by atoms with Crippen molar-refractivity contribution in [3.63, 3.8) is 0 Å². The normalized spacial score (nSPS) is 29.4. The van der Waals surface area contributed by atoms with Gasteiger partial charge in [-0.05, 0) is 76.4 Å². The predicted octanol–water partition coefficient (Wildman–Crippen LogP) is 4.11. The van der Waals surface area contributed by atoms with E-state index in [4.69, 9.17) is 34.2 Å². The Morgan fingerprint density at radius 2 is 1.63 bits per heavy atom. The van der Waals surface area contributed by atoms with Crippen molar-refractivity contribution in [2.45, 2.75) is 153 Å². The zero-order chi connectivity index (χ0) is 61.5. The van der Waals surface area contributed by atoms with Gasteiger partial charge in [-0.15, -0.1) is 0 Å². The fraction of sp³-hybridized carbons (Fsp3) is 0.508. The van der Waals surface area contributed by atoms with Gasteiger partial charge >= 0.3 is 6.09 Å². The van der Waals surface area contributed by atoms with Gasteiger partial charge in [-0.25, -0.2) is 4.79 Å². The summed E-state index contributed by atoms with van der Waals surface area (Å²) in [6, 6.07) is 3.31. The van der Waals surface area contributed by atoms with Crippen LogP contribution in [0.15, 0.2) is 76.7 Å². The van der Waals surface area contributed by atoms with Gasteiger partial charge in [-0.2, -0.15) is 0 Å². The molecule has 2 aliphatic heterocycles. The molecule has 0 radical (unpaired) electrons. The number of nitrogens with two attached hydrogens (primary N) is 1. The van der Waals surface area contributed by atoms with E-state index in [2.05, 4.69) is 16.0 Å². The van der Waals surface area contributed by atoms with Crippen molar-refractivity contribution >= 4 is 46.8 Å². The summed E-state index contributed by atoms with van der Waals surface area (Å²) in [5.74, 6) is -6.61. The summed E-state index contributed by atoms with van der Waals surface area (Å²) in [5.41, 5.74) is 2.15. The van der Waals surface area contributed by atoms with Gasteiger partial charge in [0.25, 0.3) is 5.91 Å². The minimum absolute atomic E-state index is 0.0108. The predicted molar refractivity (Wildman–Crippen MR) is 300 cm³/mol. The number of amides is 3. The molecule has 7 rings (SSSR count). The number of aliphatic hydroxyl groups excluding tert-OH is 2. The van der Waals surface area contributed by atoms with Gasteiger partial charge in [-0.1, -0.05) is 56.7 Å². The van der Waals surface area contributed by atoms with E-state index in [-0.39, 0.29) is 94.3 Å². The minimum Gasteiger partial charge on any atom is -0.507 e. The number of phenols is 2. The Labute approximate surface area is 486 Å². The van der Waals surface area contributed by atoms with Crippen molar-refractivity contribution in [3.8, 4) is 17.2 Å². The van der Waals surface area contributed by atoms with Crippen molar-refractivity contribution in [2.75, 3.05) is 34.5 Å². The number of allylic oxidation sites excluding steroid dienone is 5. The number of ether oxygens (including phenoxy) is 6. The summed E-state index contributed by atoms with van der Waals surface area (Å²) < 4.78 is 34.7. The number of ketones is 5. The lowest BCUT2D eigenvalue weighted by Crippen LogP contribution is -2.55. The van der Waals surface area contributed by atoms with Gasteiger partial charge in [0.05, 0.1) is 59.5 Å². The molecule has 5 aliphatic rings. The molecule has 1 saturated heterocycles. The molecular weight excluding hydrogens is 1090 g/mol. The molecule has 0 saturated carbocycles. The number of rotatable bonds is 16. The lowest BCUT2D eigenvalue weighted by atomic mass is 9.72. The molecule has 0 aromatic heterocycles. The van der Waals surface area contributed by atoms with Gasteiger partial charge in [0.15, 0.2) is 24.0 Å². The van der Waals surface area contributed by atoms with E-state index in [0.29, 0.717) is 37.7 Å². The number of carbonyl (C=O) groups excluding carboxylic acids is 8. The zero-order valence-electron chi connectivity index (χ0n) is 48.4. The second-order valence-corrected chi connectivity index (χ2v) is 22.3. The van der Waals surface area contributed by atoms with E-state index in [9.17, 15) is 63.9 Å². The molecule has 1 fully saturated rings. The Morgan fingerprint density at radius 3 is 2.31 bits per heavy atom. The molecule has 11 atom stereocenters. The van der Waals surface area contributed by atoms with Crippen LogP contribution < -0.4 is 26.4 Å². The van der Waals surface area contributed by atoms with E-state index < -0.39 is 137 Å². The zero-order valence-corrected chi connectivity index (χ0v) is 48.4. The first kappa shape index (κ1) is 64.2. The van der Waals surface area contributed by atoms with Crippen molar-refractivity contribution in [1.29, 1.82) is 0 Å². The first-order valence-electron chi connectivity index (χ1n) is 28.0. The number of nitrogens with one attached hydrogen (secondary N) is 3. The van der Waals surface area contributed by atoms with Crippen LogP contribution in [-0.4, -0.2) is 155 Å². The monoisotopic (exact) mass is 1170 g/mol. The number of benzene rings is 2. The maximum Gasteiger partial charge on any atom is 0.405 e.